The highest BCUT2D eigenvalue weighted by molar-refractivity contribution is 6.19. The molecule has 0 radical (unpaired) electrons. The predicted octanol–water partition coefficient (Wildman–Crippen LogP) is 4.68. The third-order valence-corrected chi connectivity index (χ3v) is 3.26. The summed E-state index contributed by atoms with van der Waals surface area (Å²) in [5, 5.41) is 0. The SMILES string of the molecule is ClCC#Cc1ccc(OCCCCc2ccccc2)cc1. The largest absolute Gasteiger partial charge is 0.494 e. The van der Waals surface area contributed by atoms with Gasteiger partial charge in [-0.15, -0.1) is 11.6 Å². The van der Waals surface area contributed by atoms with E-state index in [4.69, 9.17) is 16.3 Å². The number of halogens is 1. The molecule has 0 saturated carbocycles. The van der Waals surface area contributed by atoms with Crippen LogP contribution in [0.1, 0.15) is 24.0 Å². The van der Waals surface area contributed by atoms with Gasteiger partial charge in [0.25, 0.3) is 0 Å². The van der Waals surface area contributed by atoms with Gasteiger partial charge < -0.3 is 4.74 Å². The first kappa shape index (κ1) is 15.5. The summed E-state index contributed by atoms with van der Waals surface area (Å²) >= 11 is 5.53. The van der Waals surface area contributed by atoms with Crippen molar-refractivity contribution in [2.75, 3.05) is 12.5 Å². The summed E-state index contributed by atoms with van der Waals surface area (Å²) in [5.41, 5.74) is 2.35. The van der Waals surface area contributed by atoms with Crippen LogP contribution in [0.25, 0.3) is 0 Å². The normalized spacial score (nSPS) is 9.76. The molecule has 2 rings (SSSR count). The summed E-state index contributed by atoms with van der Waals surface area (Å²) in [6.45, 7) is 0.750. The van der Waals surface area contributed by atoms with E-state index in [2.05, 4.69) is 36.1 Å². The highest BCUT2D eigenvalue weighted by Crippen LogP contribution is 2.12. The van der Waals surface area contributed by atoms with E-state index in [1.54, 1.807) is 0 Å². The van der Waals surface area contributed by atoms with E-state index in [9.17, 15) is 0 Å². The summed E-state index contributed by atoms with van der Waals surface area (Å²) in [6, 6.07) is 18.4. The van der Waals surface area contributed by atoms with Crippen LogP contribution in [-0.2, 0) is 6.42 Å². The van der Waals surface area contributed by atoms with Crippen molar-refractivity contribution in [3.8, 4) is 17.6 Å². The first-order chi connectivity index (χ1) is 10.4. The van der Waals surface area contributed by atoms with E-state index >= 15 is 0 Å². The van der Waals surface area contributed by atoms with Gasteiger partial charge >= 0.3 is 0 Å². The molecule has 0 fully saturated rings. The van der Waals surface area contributed by atoms with Crippen LogP contribution in [0.4, 0.5) is 0 Å². The highest BCUT2D eigenvalue weighted by atomic mass is 35.5. The van der Waals surface area contributed by atoms with Crippen LogP contribution in [-0.4, -0.2) is 12.5 Å². The third-order valence-electron chi connectivity index (χ3n) is 3.13. The van der Waals surface area contributed by atoms with Gasteiger partial charge in [0.1, 0.15) is 5.75 Å². The Morgan fingerprint density at radius 3 is 2.38 bits per heavy atom. The number of ether oxygens (including phenoxy) is 1. The molecule has 0 N–H and O–H groups in total. The highest BCUT2D eigenvalue weighted by Gasteiger charge is 1.95. The summed E-state index contributed by atoms with van der Waals surface area (Å²) in [5.74, 6) is 7.07. The van der Waals surface area contributed by atoms with Crippen molar-refractivity contribution in [2.45, 2.75) is 19.3 Å². The fourth-order valence-corrected chi connectivity index (χ4v) is 2.10. The number of benzene rings is 2. The van der Waals surface area contributed by atoms with Crippen LogP contribution in [0, 0.1) is 11.8 Å². The molecule has 0 atom stereocenters. The number of unbranched alkanes of at least 4 members (excludes halogenated alkanes) is 1. The van der Waals surface area contributed by atoms with Crippen molar-refractivity contribution in [1.29, 1.82) is 0 Å². The predicted molar refractivity (Wildman–Crippen MR) is 88.9 cm³/mol. The van der Waals surface area contributed by atoms with Crippen LogP contribution in [0.2, 0.25) is 0 Å². The third kappa shape index (κ3) is 5.94. The monoisotopic (exact) mass is 298 g/mol. The summed E-state index contributed by atoms with van der Waals surface area (Å²) in [7, 11) is 0. The van der Waals surface area contributed by atoms with E-state index in [-0.39, 0.29) is 0 Å². The number of aryl methyl sites for hydroxylation is 1. The Bertz CT molecular complexity index is 578. The second kappa shape index (κ2) is 9.10. The zero-order valence-electron chi connectivity index (χ0n) is 12.0. The van der Waals surface area contributed by atoms with Gasteiger partial charge in [0.05, 0.1) is 12.5 Å². The molecule has 0 unspecified atom stereocenters. The molecular weight excluding hydrogens is 280 g/mol. The maximum absolute atomic E-state index is 5.73. The van der Waals surface area contributed by atoms with Gasteiger partial charge in [-0.25, -0.2) is 0 Å². The summed E-state index contributed by atoms with van der Waals surface area (Å²) in [4.78, 5) is 0. The Hall–Kier alpha value is -1.91. The topological polar surface area (TPSA) is 9.23 Å². The zero-order chi connectivity index (χ0) is 14.8. The quantitative estimate of drug-likeness (QED) is 0.427. The number of alkyl halides is 1. The molecule has 0 bridgehead atoms. The molecule has 21 heavy (non-hydrogen) atoms. The number of rotatable bonds is 6. The Labute approximate surface area is 131 Å². The first-order valence-electron chi connectivity index (χ1n) is 7.20. The summed E-state index contributed by atoms with van der Waals surface area (Å²) < 4.78 is 5.73. The molecule has 0 aliphatic carbocycles. The average molecular weight is 299 g/mol. The second-order valence-corrected chi connectivity index (χ2v) is 5.02. The molecular formula is C19H19ClO. The lowest BCUT2D eigenvalue weighted by Crippen LogP contribution is -1.98. The van der Waals surface area contributed by atoms with Crippen molar-refractivity contribution < 1.29 is 4.74 Å². The molecule has 0 saturated heterocycles. The molecule has 2 heteroatoms. The lowest BCUT2D eigenvalue weighted by molar-refractivity contribution is 0.307. The molecule has 2 aromatic rings. The lowest BCUT2D eigenvalue weighted by Gasteiger charge is -2.06. The van der Waals surface area contributed by atoms with Crippen molar-refractivity contribution in [3.63, 3.8) is 0 Å². The van der Waals surface area contributed by atoms with Crippen LogP contribution < -0.4 is 4.74 Å². The Balaban J connectivity index is 1.66. The molecule has 0 spiro atoms. The minimum Gasteiger partial charge on any atom is -0.494 e. The summed E-state index contributed by atoms with van der Waals surface area (Å²) in [6.07, 6.45) is 3.31. The molecule has 0 aliphatic rings. The van der Waals surface area contributed by atoms with Crippen LogP contribution >= 0.6 is 11.6 Å². The maximum atomic E-state index is 5.73. The molecule has 0 amide bonds. The zero-order valence-corrected chi connectivity index (χ0v) is 12.8. The number of hydrogen-bond acceptors (Lipinski definition) is 1. The fourth-order valence-electron chi connectivity index (χ4n) is 2.04. The smallest absolute Gasteiger partial charge is 0.119 e. The van der Waals surface area contributed by atoms with Gasteiger partial charge in [0.15, 0.2) is 0 Å². The first-order valence-corrected chi connectivity index (χ1v) is 7.73. The van der Waals surface area contributed by atoms with E-state index in [0.717, 1.165) is 37.2 Å². The van der Waals surface area contributed by atoms with Gasteiger partial charge in [-0.2, -0.15) is 0 Å². The standard InChI is InChI=1S/C19H19ClO/c20-15-6-10-18-11-13-19(14-12-18)21-16-5-4-9-17-7-2-1-3-8-17/h1-3,7-8,11-14H,4-5,9,15-16H2. The maximum Gasteiger partial charge on any atom is 0.119 e. The Morgan fingerprint density at radius 1 is 0.905 bits per heavy atom. The Morgan fingerprint density at radius 2 is 1.67 bits per heavy atom. The molecule has 0 aliphatic heterocycles. The Kier molecular flexibility index (Phi) is 6.71. The molecule has 0 aromatic heterocycles. The molecule has 1 nitrogen and oxygen atoms in total. The molecule has 108 valence electrons. The van der Waals surface area contributed by atoms with Crippen LogP contribution in [0.15, 0.2) is 54.6 Å². The van der Waals surface area contributed by atoms with E-state index in [0.29, 0.717) is 5.88 Å². The second-order valence-electron chi connectivity index (χ2n) is 4.75. The molecule has 0 heterocycles. The van der Waals surface area contributed by atoms with Crippen molar-refractivity contribution in [1.82, 2.24) is 0 Å². The van der Waals surface area contributed by atoms with Gasteiger partial charge in [-0.1, -0.05) is 42.2 Å². The minimum atomic E-state index is 0.361. The van der Waals surface area contributed by atoms with Gasteiger partial charge in [-0.3, -0.25) is 0 Å². The van der Waals surface area contributed by atoms with Crippen LogP contribution in [0.5, 0.6) is 5.75 Å². The van der Waals surface area contributed by atoms with E-state index < -0.39 is 0 Å². The van der Waals surface area contributed by atoms with E-state index in [1.807, 2.05) is 30.3 Å². The van der Waals surface area contributed by atoms with Gasteiger partial charge in [-0.05, 0) is 49.1 Å². The van der Waals surface area contributed by atoms with Crippen molar-refractivity contribution in [3.05, 3.63) is 65.7 Å². The number of hydrogen-bond donors (Lipinski definition) is 0. The van der Waals surface area contributed by atoms with E-state index in [1.165, 1.54) is 5.56 Å². The van der Waals surface area contributed by atoms with Gasteiger partial charge in [0, 0.05) is 5.56 Å². The van der Waals surface area contributed by atoms with Crippen molar-refractivity contribution in [2.24, 2.45) is 0 Å². The average Bonchev–Trinajstić information content (AvgIpc) is 2.55. The van der Waals surface area contributed by atoms with Gasteiger partial charge in [0.2, 0.25) is 0 Å². The van der Waals surface area contributed by atoms with Crippen molar-refractivity contribution >= 4 is 11.6 Å². The minimum absolute atomic E-state index is 0.361. The lowest BCUT2D eigenvalue weighted by atomic mass is 10.1. The fraction of sp³-hybridized carbons (Fsp3) is 0.263. The van der Waals surface area contributed by atoms with Crippen LogP contribution in [0.3, 0.4) is 0 Å². The molecule has 2 aromatic carbocycles.